The predicted molar refractivity (Wildman–Crippen MR) is 102 cm³/mol. The van der Waals surface area contributed by atoms with Crippen molar-refractivity contribution in [2.24, 2.45) is 4.99 Å². The number of aromatic nitrogens is 1. The van der Waals surface area contributed by atoms with Crippen LogP contribution in [0, 0.1) is 0 Å². The third kappa shape index (κ3) is 5.37. The zero-order valence-electron chi connectivity index (χ0n) is 15.5. The highest BCUT2D eigenvalue weighted by Crippen LogP contribution is 2.24. The van der Waals surface area contributed by atoms with Gasteiger partial charge in [-0.15, -0.1) is 0 Å². The average molecular weight is 341 g/mol. The minimum absolute atomic E-state index is 0.234. The molecule has 134 valence electrons. The molecular formula is C20H27N3O2. The smallest absolute Gasteiger partial charge is 0.146 e. The summed E-state index contributed by atoms with van der Waals surface area (Å²) in [6.45, 7) is 3.02. The molecule has 1 aromatic carbocycles. The van der Waals surface area contributed by atoms with Crippen molar-refractivity contribution in [1.82, 2.24) is 9.88 Å². The molecule has 1 aromatic heterocycles. The SMILES string of the molecule is CCC(c1ccc(-c2ccc(COCOC)cc2)cn1)N(C)C=NC. The fourth-order valence-electron chi connectivity index (χ4n) is 2.78. The quantitative estimate of drug-likeness (QED) is 0.300. The summed E-state index contributed by atoms with van der Waals surface area (Å²) in [6.07, 6.45) is 4.75. The van der Waals surface area contributed by atoms with Gasteiger partial charge in [-0.05, 0) is 23.6 Å². The van der Waals surface area contributed by atoms with Gasteiger partial charge in [-0.2, -0.15) is 0 Å². The van der Waals surface area contributed by atoms with Gasteiger partial charge in [-0.25, -0.2) is 0 Å². The molecule has 0 aliphatic rings. The van der Waals surface area contributed by atoms with Gasteiger partial charge in [0, 0.05) is 33.0 Å². The van der Waals surface area contributed by atoms with Gasteiger partial charge in [0.05, 0.1) is 24.7 Å². The molecule has 0 saturated carbocycles. The Kier molecular flexibility index (Phi) is 7.57. The maximum atomic E-state index is 5.36. The molecule has 5 nitrogen and oxygen atoms in total. The van der Waals surface area contributed by atoms with Crippen molar-refractivity contribution < 1.29 is 9.47 Å². The summed E-state index contributed by atoms with van der Waals surface area (Å²) in [5.74, 6) is 0. The molecule has 0 bridgehead atoms. The molecular weight excluding hydrogens is 314 g/mol. The first-order valence-corrected chi connectivity index (χ1v) is 8.45. The molecule has 0 fully saturated rings. The van der Waals surface area contributed by atoms with E-state index in [4.69, 9.17) is 9.47 Å². The summed E-state index contributed by atoms with van der Waals surface area (Å²) in [5.41, 5.74) is 4.43. The van der Waals surface area contributed by atoms with Crippen molar-refractivity contribution in [2.45, 2.75) is 26.0 Å². The number of ether oxygens (including phenoxy) is 2. The van der Waals surface area contributed by atoms with Gasteiger partial charge in [0.2, 0.25) is 0 Å². The number of hydrogen-bond acceptors (Lipinski definition) is 4. The molecule has 0 spiro atoms. The van der Waals surface area contributed by atoms with Gasteiger partial charge in [-0.3, -0.25) is 9.98 Å². The summed E-state index contributed by atoms with van der Waals surface area (Å²) in [4.78, 5) is 10.8. The molecule has 0 radical (unpaired) electrons. The van der Waals surface area contributed by atoms with Crippen molar-refractivity contribution >= 4 is 6.34 Å². The van der Waals surface area contributed by atoms with E-state index >= 15 is 0 Å². The second-order valence-corrected chi connectivity index (χ2v) is 5.89. The fourth-order valence-corrected chi connectivity index (χ4v) is 2.78. The average Bonchev–Trinajstić information content (AvgIpc) is 2.64. The highest BCUT2D eigenvalue weighted by atomic mass is 16.7. The zero-order chi connectivity index (χ0) is 18.1. The van der Waals surface area contributed by atoms with Gasteiger partial charge >= 0.3 is 0 Å². The Balaban J connectivity index is 2.08. The molecule has 0 aliphatic carbocycles. The van der Waals surface area contributed by atoms with E-state index < -0.39 is 0 Å². The van der Waals surface area contributed by atoms with E-state index in [0.717, 1.165) is 28.8 Å². The second kappa shape index (κ2) is 9.91. The molecule has 0 N–H and O–H groups in total. The Morgan fingerprint density at radius 2 is 1.88 bits per heavy atom. The molecule has 2 aromatic rings. The number of pyridine rings is 1. The van der Waals surface area contributed by atoms with Crippen LogP contribution in [0.1, 0.15) is 30.6 Å². The van der Waals surface area contributed by atoms with Gasteiger partial charge in [0.1, 0.15) is 6.79 Å². The Morgan fingerprint density at radius 1 is 1.16 bits per heavy atom. The maximum absolute atomic E-state index is 5.36. The van der Waals surface area contributed by atoms with Crippen LogP contribution in [0.25, 0.3) is 11.1 Å². The molecule has 1 atom stereocenters. The fraction of sp³-hybridized carbons (Fsp3) is 0.400. The topological polar surface area (TPSA) is 47.0 Å². The van der Waals surface area contributed by atoms with E-state index in [-0.39, 0.29) is 6.04 Å². The van der Waals surface area contributed by atoms with Crippen LogP contribution in [0.3, 0.4) is 0 Å². The predicted octanol–water partition coefficient (Wildman–Crippen LogP) is 3.91. The van der Waals surface area contributed by atoms with Gasteiger partial charge in [-0.1, -0.05) is 37.3 Å². The van der Waals surface area contributed by atoms with Crippen LogP contribution in [-0.4, -0.2) is 44.2 Å². The van der Waals surface area contributed by atoms with Crippen LogP contribution in [0.2, 0.25) is 0 Å². The molecule has 2 rings (SSSR count). The van der Waals surface area contributed by atoms with Crippen LogP contribution < -0.4 is 0 Å². The lowest BCUT2D eigenvalue weighted by Gasteiger charge is -2.24. The lowest BCUT2D eigenvalue weighted by Crippen LogP contribution is -2.23. The largest absolute Gasteiger partial charge is 0.359 e. The first-order valence-electron chi connectivity index (χ1n) is 8.45. The number of aliphatic imine (C=N–C) groups is 1. The highest BCUT2D eigenvalue weighted by molar-refractivity contribution is 5.63. The standard InChI is InChI=1S/C20H27N3O2/c1-5-20(23(3)14-21-2)19-11-10-18(12-22-19)17-8-6-16(7-9-17)13-25-15-24-4/h6-12,14,20H,5,13,15H2,1-4H3. The van der Waals surface area contributed by atoms with Crippen LogP contribution in [0.5, 0.6) is 0 Å². The van der Waals surface area contributed by atoms with Gasteiger partial charge in [0.15, 0.2) is 0 Å². The third-order valence-electron chi connectivity index (χ3n) is 4.06. The van der Waals surface area contributed by atoms with Crippen LogP contribution in [0.4, 0.5) is 0 Å². The Labute approximate surface area is 150 Å². The summed E-state index contributed by atoms with van der Waals surface area (Å²) >= 11 is 0. The van der Waals surface area contributed by atoms with E-state index in [1.165, 1.54) is 0 Å². The van der Waals surface area contributed by atoms with Crippen molar-refractivity contribution in [3.05, 3.63) is 53.9 Å². The second-order valence-electron chi connectivity index (χ2n) is 5.89. The number of rotatable bonds is 9. The van der Waals surface area contributed by atoms with Crippen LogP contribution >= 0.6 is 0 Å². The Bertz CT molecular complexity index is 654. The molecule has 0 aliphatic heterocycles. The molecule has 1 unspecified atom stereocenters. The van der Waals surface area contributed by atoms with E-state index in [9.17, 15) is 0 Å². The number of hydrogen-bond donors (Lipinski definition) is 0. The minimum atomic E-state index is 0.234. The van der Waals surface area contributed by atoms with Crippen LogP contribution in [0.15, 0.2) is 47.6 Å². The lowest BCUT2D eigenvalue weighted by molar-refractivity contribution is -0.0390. The summed E-state index contributed by atoms with van der Waals surface area (Å²) in [5, 5.41) is 0. The van der Waals surface area contributed by atoms with E-state index in [1.54, 1.807) is 14.2 Å². The first kappa shape index (κ1) is 19.1. The van der Waals surface area contributed by atoms with Gasteiger partial charge in [0.25, 0.3) is 0 Å². The molecule has 1 heterocycles. The van der Waals surface area contributed by atoms with Crippen molar-refractivity contribution in [3.63, 3.8) is 0 Å². The molecule has 25 heavy (non-hydrogen) atoms. The van der Waals surface area contributed by atoms with Crippen molar-refractivity contribution in [1.29, 1.82) is 0 Å². The minimum Gasteiger partial charge on any atom is -0.359 e. The molecule has 5 heteroatoms. The van der Waals surface area contributed by atoms with E-state index in [1.807, 2.05) is 19.6 Å². The summed E-state index contributed by atoms with van der Waals surface area (Å²) < 4.78 is 10.2. The lowest BCUT2D eigenvalue weighted by atomic mass is 10.0. The number of benzene rings is 1. The zero-order valence-corrected chi connectivity index (χ0v) is 15.5. The van der Waals surface area contributed by atoms with E-state index in [0.29, 0.717) is 13.4 Å². The summed E-state index contributed by atoms with van der Waals surface area (Å²) in [6, 6.07) is 12.8. The first-order chi connectivity index (χ1) is 12.2. The Morgan fingerprint density at radius 3 is 2.44 bits per heavy atom. The van der Waals surface area contributed by atoms with E-state index in [2.05, 4.69) is 58.2 Å². The monoisotopic (exact) mass is 341 g/mol. The number of methoxy groups -OCH3 is 1. The maximum Gasteiger partial charge on any atom is 0.146 e. The van der Waals surface area contributed by atoms with Crippen LogP contribution in [-0.2, 0) is 16.1 Å². The third-order valence-corrected chi connectivity index (χ3v) is 4.06. The van der Waals surface area contributed by atoms with Gasteiger partial charge < -0.3 is 14.4 Å². The Hall–Kier alpha value is -2.24. The summed E-state index contributed by atoms with van der Waals surface area (Å²) in [7, 11) is 5.43. The number of nitrogens with zero attached hydrogens (tertiary/aromatic N) is 3. The van der Waals surface area contributed by atoms with Crippen molar-refractivity contribution in [3.8, 4) is 11.1 Å². The normalized spacial score (nSPS) is 12.5. The molecule has 0 saturated heterocycles. The molecule has 0 amide bonds. The highest BCUT2D eigenvalue weighted by Gasteiger charge is 2.14. The van der Waals surface area contributed by atoms with Crippen molar-refractivity contribution in [2.75, 3.05) is 28.0 Å².